The van der Waals surface area contributed by atoms with Crippen LogP contribution in [0.3, 0.4) is 0 Å². The predicted molar refractivity (Wildman–Crippen MR) is 57.0 cm³/mol. The number of aliphatic hydroxyl groups excluding tert-OH is 1. The summed E-state index contributed by atoms with van der Waals surface area (Å²) in [4.78, 5) is 20.3. The third-order valence-electron chi connectivity index (χ3n) is 2.18. The van der Waals surface area contributed by atoms with E-state index < -0.39 is 46.2 Å². The molecule has 0 bridgehead atoms. The van der Waals surface area contributed by atoms with Gasteiger partial charge in [-0.2, -0.15) is 14.0 Å². The highest BCUT2D eigenvalue weighted by Crippen LogP contribution is 2.33. The van der Waals surface area contributed by atoms with Crippen molar-refractivity contribution in [2.24, 2.45) is 0 Å². The number of aliphatic carboxylic acids is 1. The van der Waals surface area contributed by atoms with Crippen LogP contribution < -0.4 is 4.74 Å². The SMILES string of the molecule is N#Cc1c(OC(F)F)cc([N+](=O)[O-])cc1C(O)C(=O)O. The van der Waals surface area contributed by atoms with Crippen molar-refractivity contribution in [3.63, 3.8) is 0 Å². The van der Waals surface area contributed by atoms with E-state index in [9.17, 15) is 28.8 Å². The molecule has 106 valence electrons. The molecule has 2 N–H and O–H groups in total. The van der Waals surface area contributed by atoms with Crippen molar-refractivity contribution < 1.29 is 33.4 Å². The Morgan fingerprint density at radius 1 is 1.50 bits per heavy atom. The standard InChI is InChI=1S/C10H6F2N2O6/c11-10(12)20-7-2-4(14(18)19)1-5(6(7)3-13)8(15)9(16)17/h1-2,8,10,15H,(H,16,17). The molecule has 0 aromatic heterocycles. The van der Waals surface area contributed by atoms with Crippen LogP contribution in [-0.2, 0) is 4.79 Å². The molecule has 1 atom stereocenters. The Morgan fingerprint density at radius 2 is 2.10 bits per heavy atom. The molecule has 20 heavy (non-hydrogen) atoms. The molecule has 0 aliphatic heterocycles. The average Bonchev–Trinajstić information content (AvgIpc) is 2.35. The molecule has 10 heteroatoms. The van der Waals surface area contributed by atoms with Crippen molar-refractivity contribution in [1.82, 2.24) is 0 Å². The van der Waals surface area contributed by atoms with Crippen molar-refractivity contribution in [2.45, 2.75) is 12.7 Å². The average molecular weight is 288 g/mol. The fourth-order valence-electron chi connectivity index (χ4n) is 1.38. The van der Waals surface area contributed by atoms with Gasteiger partial charge in [0.05, 0.1) is 11.0 Å². The maximum Gasteiger partial charge on any atom is 0.387 e. The molecule has 1 aromatic rings. The number of nitrogens with zero attached hydrogens (tertiary/aromatic N) is 2. The lowest BCUT2D eigenvalue weighted by atomic mass is 10.0. The van der Waals surface area contributed by atoms with Crippen molar-refractivity contribution in [2.75, 3.05) is 0 Å². The van der Waals surface area contributed by atoms with Crippen LogP contribution in [0, 0.1) is 21.4 Å². The fraction of sp³-hybridized carbons (Fsp3) is 0.200. The number of hydrogen-bond donors (Lipinski definition) is 2. The first-order valence-electron chi connectivity index (χ1n) is 4.86. The molecule has 8 nitrogen and oxygen atoms in total. The molecule has 0 fully saturated rings. The number of carboxylic acids is 1. The van der Waals surface area contributed by atoms with Gasteiger partial charge >= 0.3 is 12.6 Å². The minimum Gasteiger partial charge on any atom is -0.479 e. The summed E-state index contributed by atoms with van der Waals surface area (Å²) in [5, 5.41) is 37.5. The van der Waals surface area contributed by atoms with E-state index in [-0.39, 0.29) is 0 Å². The number of nitriles is 1. The highest BCUT2D eigenvalue weighted by Gasteiger charge is 2.27. The van der Waals surface area contributed by atoms with Crippen LogP contribution in [0.2, 0.25) is 0 Å². The largest absolute Gasteiger partial charge is 0.479 e. The minimum atomic E-state index is -3.38. The monoisotopic (exact) mass is 288 g/mol. The summed E-state index contributed by atoms with van der Waals surface area (Å²) in [6.45, 7) is -3.38. The van der Waals surface area contributed by atoms with Crippen molar-refractivity contribution in [1.29, 1.82) is 5.26 Å². The Balaban J connectivity index is 3.55. The van der Waals surface area contributed by atoms with Gasteiger partial charge in [-0.3, -0.25) is 10.1 Å². The van der Waals surface area contributed by atoms with Crippen LogP contribution in [0.15, 0.2) is 12.1 Å². The summed E-state index contributed by atoms with van der Waals surface area (Å²) in [5.41, 5.74) is -2.22. The molecule has 1 rings (SSSR count). The number of nitro groups is 1. The lowest BCUT2D eigenvalue weighted by molar-refractivity contribution is -0.385. The van der Waals surface area contributed by atoms with Gasteiger partial charge in [-0.1, -0.05) is 0 Å². The molecule has 0 heterocycles. The maximum atomic E-state index is 12.2. The summed E-state index contributed by atoms with van der Waals surface area (Å²) < 4.78 is 28.3. The van der Waals surface area contributed by atoms with Gasteiger partial charge in [0.2, 0.25) is 0 Å². The second-order valence-electron chi connectivity index (χ2n) is 3.40. The van der Waals surface area contributed by atoms with Gasteiger partial charge < -0.3 is 14.9 Å². The number of carboxylic acid groups (broad SMARTS) is 1. The summed E-state index contributed by atoms with van der Waals surface area (Å²) in [7, 11) is 0. The first kappa shape index (κ1) is 15.3. The zero-order chi connectivity index (χ0) is 15.4. The maximum absolute atomic E-state index is 12.2. The van der Waals surface area contributed by atoms with E-state index in [4.69, 9.17) is 10.4 Å². The first-order chi connectivity index (χ1) is 9.27. The summed E-state index contributed by atoms with van der Waals surface area (Å²) in [6, 6.07) is 2.52. The number of rotatable bonds is 5. The molecule has 0 radical (unpaired) electrons. The van der Waals surface area contributed by atoms with E-state index in [1.807, 2.05) is 0 Å². The van der Waals surface area contributed by atoms with E-state index in [0.29, 0.717) is 12.1 Å². The van der Waals surface area contributed by atoms with Crippen LogP contribution in [0.4, 0.5) is 14.5 Å². The normalized spacial score (nSPS) is 11.8. The smallest absolute Gasteiger partial charge is 0.387 e. The second-order valence-corrected chi connectivity index (χ2v) is 3.40. The zero-order valence-corrected chi connectivity index (χ0v) is 9.49. The van der Waals surface area contributed by atoms with Crippen LogP contribution in [0.5, 0.6) is 5.75 Å². The lowest BCUT2D eigenvalue weighted by Gasteiger charge is -2.12. The zero-order valence-electron chi connectivity index (χ0n) is 9.49. The van der Waals surface area contributed by atoms with E-state index in [1.165, 1.54) is 6.07 Å². The highest BCUT2D eigenvalue weighted by molar-refractivity contribution is 5.76. The number of carbonyl (C=O) groups is 1. The number of nitro benzene ring substituents is 1. The molecule has 0 saturated carbocycles. The van der Waals surface area contributed by atoms with Crippen LogP contribution in [-0.4, -0.2) is 27.7 Å². The molecular formula is C10H6F2N2O6. The quantitative estimate of drug-likeness (QED) is 0.613. The fourth-order valence-corrected chi connectivity index (χ4v) is 1.38. The van der Waals surface area contributed by atoms with Gasteiger partial charge in [-0.25, -0.2) is 4.79 Å². The van der Waals surface area contributed by atoms with Crippen LogP contribution in [0.25, 0.3) is 0 Å². The molecule has 0 spiro atoms. The summed E-state index contributed by atoms with van der Waals surface area (Å²) >= 11 is 0. The van der Waals surface area contributed by atoms with Gasteiger partial charge in [0.1, 0.15) is 11.6 Å². The Labute approximate surface area is 109 Å². The van der Waals surface area contributed by atoms with Gasteiger partial charge in [0, 0.05) is 11.6 Å². The van der Waals surface area contributed by atoms with Crippen molar-refractivity contribution in [3.8, 4) is 11.8 Å². The van der Waals surface area contributed by atoms with Crippen LogP contribution in [0.1, 0.15) is 17.2 Å². The first-order valence-corrected chi connectivity index (χ1v) is 4.86. The Kier molecular flexibility index (Phi) is 4.50. The number of ether oxygens (including phenoxy) is 1. The van der Waals surface area contributed by atoms with E-state index >= 15 is 0 Å². The third kappa shape index (κ3) is 3.15. The number of halogens is 2. The van der Waals surface area contributed by atoms with Crippen molar-refractivity contribution >= 4 is 11.7 Å². The van der Waals surface area contributed by atoms with E-state index in [1.54, 1.807) is 0 Å². The highest BCUT2D eigenvalue weighted by atomic mass is 19.3. The Bertz CT molecular complexity index is 598. The topological polar surface area (TPSA) is 134 Å². The Morgan fingerprint density at radius 3 is 2.50 bits per heavy atom. The van der Waals surface area contributed by atoms with Gasteiger partial charge in [0.15, 0.2) is 11.9 Å². The Hall–Kier alpha value is -2.80. The van der Waals surface area contributed by atoms with E-state index in [0.717, 1.165) is 0 Å². The lowest BCUT2D eigenvalue weighted by Crippen LogP contribution is -2.14. The van der Waals surface area contributed by atoms with E-state index in [2.05, 4.69) is 4.74 Å². The molecule has 1 aromatic carbocycles. The number of alkyl halides is 2. The summed E-state index contributed by atoms with van der Waals surface area (Å²) in [6.07, 6.45) is -2.29. The molecule has 0 aliphatic rings. The molecular weight excluding hydrogens is 282 g/mol. The summed E-state index contributed by atoms with van der Waals surface area (Å²) in [5.74, 6) is -2.68. The van der Waals surface area contributed by atoms with Gasteiger partial charge in [-0.15, -0.1) is 0 Å². The van der Waals surface area contributed by atoms with Crippen molar-refractivity contribution in [3.05, 3.63) is 33.4 Å². The third-order valence-corrected chi connectivity index (χ3v) is 2.18. The molecule has 0 saturated heterocycles. The number of hydrogen-bond acceptors (Lipinski definition) is 6. The van der Waals surface area contributed by atoms with Gasteiger partial charge in [-0.05, 0) is 0 Å². The molecule has 1 unspecified atom stereocenters. The van der Waals surface area contributed by atoms with Gasteiger partial charge in [0.25, 0.3) is 5.69 Å². The molecule has 0 amide bonds. The van der Waals surface area contributed by atoms with Crippen LogP contribution >= 0.6 is 0 Å². The predicted octanol–water partition coefficient (Wildman–Crippen LogP) is 1.19. The molecule has 0 aliphatic carbocycles. The second kappa shape index (κ2) is 5.89. The number of aliphatic hydroxyl groups is 1. The minimum absolute atomic E-state index is 0.544. The number of non-ortho nitro benzene ring substituents is 1. The number of benzene rings is 1.